The molecular weight excluding hydrogens is 1590 g/mol. The molecule has 7 aromatic carbocycles. The summed E-state index contributed by atoms with van der Waals surface area (Å²) in [6.07, 6.45) is 3.87. The van der Waals surface area contributed by atoms with Crippen molar-refractivity contribution >= 4 is 71.2 Å². The molecule has 4 unspecified atom stereocenters. The Labute approximate surface area is 735 Å². The summed E-state index contributed by atoms with van der Waals surface area (Å²) in [6.45, 7) is 40.0. The van der Waals surface area contributed by atoms with E-state index in [9.17, 15) is 52.7 Å². The number of rotatable bonds is 31. The van der Waals surface area contributed by atoms with Gasteiger partial charge in [-0.25, -0.2) is 14.4 Å². The maximum atomic E-state index is 14.0. The Balaban J connectivity index is 0.000000238. The summed E-state index contributed by atoms with van der Waals surface area (Å²) in [7, 11) is 0. The molecule has 125 heavy (non-hydrogen) atoms. The Kier molecular flexibility index (Phi) is 33.2. The van der Waals surface area contributed by atoms with Gasteiger partial charge < -0.3 is 71.8 Å². The SMILES string of the molecule is C=CC[C@@H](C(=O)N[C@H](C(=O)N[C@H](C)c1ccccc1)C(C)(C)C)[C@@H]1OC(C)(C)OC1=O.Cc1cc(/C=C/C[C@@H](C(=O)N[C@H](C(=O)NC(C)c2ccccc2)C(C)(C)C)C2OC(C)(C)OC2=O)ccc1-c1cccc(C(N)=O)c1.Cc1cc(CCC[C@@H](C(=O)N[C@H](C(=O)NC(C)c2ccccc2)C(C)(C)C)C2OC(C)(C)OC2=O)ccc1-c1cccc(C(N)=O)c1. The zero-order chi connectivity index (χ0) is 92.4. The van der Waals surface area contributed by atoms with Crippen LogP contribution in [0.3, 0.4) is 0 Å². The van der Waals surface area contributed by atoms with Crippen LogP contribution in [-0.2, 0) is 78.0 Å². The minimum atomic E-state index is -1.19. The van der Waals surface area contributed by atoms with Crippen molar-refractivity contribution in [1.29, 1.82) is 0 Å². The van der Waals surface area contributed by atoms with E-state index in [0.717, 1.165) is 61.2 Å². The number of nitrogens with one attached hydrogen (secondary N) is 6. The Morgan fingerprint density at radius 3 is 1.07 bits per heavy atom. The molecule has 0 aromatic heterocycles. The number of amides is 8. The smallest absolute Gasteiger partial charge is 0.338 e. The second kappa shape index (κ2) is 42.2. The molecule has 3 aliphatic heterocycles. The topological polar surface area (TPSA) is 367 Å². The van der Waals surface area contributed by atoms with Crippen LogP contribution in [0.4, 0.5) is 0 Å². The van der Waals surface area contributed by atoms with E-state index in [2.05, 4.69) is 44.5 Å². The average molecular weight is 1710 g/mol. The largest absolute Gasteiger partial charge is 0.432 e. The van der Waals surface area contributed by atoms with Gasteiger partial charge in [-0.1, -0.05) is 232 Å². The molecule has 10 rings (SSSR count). The number of allylic oxidation sites excluding steroid dienone is 2. The summed E-state index contributed by atoms with van der Waals surface area (Å²) in [4.78, 5) is 143. The van der Waals surface area contributed by atoms with Gasteiger partial charge >= 0.3 is 17.9 Å². The number of cyclic esters (lactones) is 3. The van der Waals surface area contributed by atoms with Crippen molar-refractivity contribution in [2.75, 3.05) is 0 Å². The van der Waals surface area contributed by atoms with E-state index in [1.165, 1.54) is 0 Å². The fourth-order valence-electron chi connectivity index (χ4n) is 15.1. The molecule has 10 N–H and O–H groups in total. The van der Waals surface area contributed by atoms with Gasteiger partial charge in [-0.05, 0) is 168 Å². The minimum absolute atomic E-state index is 0.155. The fourth-order valence-corrected chi connectivity index (χ4v) is 15.1. The van der Waals surface area contributed by atoms with Crippen LogP contribution < -0.4 is 43.4 Å². The lowest BCUT2D eigenvalue weighted by Crippen LogP contribution is -2.56. The molecule has 7 aromatic rings. The van der Waals surface area contributed by atoms with Crippen LogP contribution in [0, 0.1) is 47.8 Å². The highest BCUT2D eigenvalue weighted by Crippen LogP contribution is 2.37. The number of aryl methyl sites for hydroxylation is 3. The summed E-state index contributed by atoms with van der Waals surface area (Å²) in [5.41, 5.74) is 20.5. The molecule has 12 atom stereocenters. The lowest BCUT2D eigenvalue weighted by atomic mass is 9.84. The normalized spacial score (nSPS) is 18.5. The van der Waals surface area contributed by atoms with E-state index >= 15 is 0 Å². The van der Waals surface area contributed by atoms with Crippen molar-refractivity contribution < 1.29 is 81.2 Å². The van der Waals surface area contributed by atoms with E-state index in [-0.39, 0.29) is 48.7 Å². The molecule has 3 fully saturated rings. The van der Waals surface area contributed by atoms with Crippen molar-refractivity contribution in [1.82, 2.24) is 31.9 Å². The molecule has 3 aliphatic rings. The first kappa shape index (κ1) is 98.5. The highest BCUT2D eigenvalue weighted by Gasteiger charge is 2.52. The minimum Gasteiger partial charge on any atom is -0.432 e. The number of benzene rings is 7. The van der Waals surface area contributed by atoms with E-state index in [0.29, 0.717) is 30.4 Å². The monoisotopic (exact) mass is 1710 g/mol. The number of carbonyl (C=O) groups is 11. The Morgan fingerprint density at radius 2 is 0.752 bits per heavy atom. The molecule has 25 heteroatoms. The number of ether oxygens (including phenoxy) is 6. The first-order valence-electron chi connectivity index (χ1n) is 42.4. The Hall–Kier alpha value is -11.9. The molecule has 25 nitrogen and oxygen atoms in total. The Bertz CT molecular complexity index is 5040. The molecule has 3 saturated heterocycles. The second-order valence-electron chi connectivity index (χ2n) is 36.9. The molecule has 8 amide bonds. The van der Waals surface area contributed by atoms with Crippen molar-refractivity contribution in [3.05, 3.63) is 245 Å². The van der Waals surface area contributed by atoms with Crippen LogP contribution in [0.2, 0.25) is 0 Å². The summed E-state index contributed by atoms with van der Waals surface area (Å²) >= 11 is 0. The molecule has 0 radical (unpaired) electrons. The van der Waals surface area contributed by atoms with Crippen LogP contribution >= 0.6 is 0 Å². The molecule has 0 saturated carbocycles. The predicted molar refractivity (Wildman–Crippen MR) is 480 cm³/mol. The van der Waals surface area contributed by atoms with Crippen LogP contribution in [0.15, 0.2) is 195 Å². The van der Waals surface area contributed by atoms with Gasteiger partial charge in [-0.15, -0.1) is 6.58 Å². The van der Waals surface area contributed by atoms with Gasteiger partial charge in [0.2, 0.25) is 64.6 Å². The zero-order valence-electron chi connectivity index (χ0n) is 75.7. The van der Waals surface area contributed by atoms with Crippen LogP contribution in [0.5, 0.6) is 0 Å². The summed E-state index contributed by atoms with van der Waals surface area (Å²) in [5.74, 6) is -11.2. The highest BCUT2D eigenvalue weighted by atomic mass is 16.8. The molecule has 668 valence electrons. The summed E-state index contributed by atoms with van der Waals surface area (Å²) in [6, 6.07) is 51.8. The van der Waals surface area contributed by atoms with E-state index in [1.54, 1.807) is 78.0 Å². The molecular formula is C100H126N8O17. The third-order valence-electron chi connectivity index (χ3n) is 21.9. The maximum Gasteiger partial charge on any atom is 0.338 e. The molecule has 0 spiro atoms. The highest BCUT2D eigenvalue weighted by molar-refractivity contribution is 5.97. The Morgan fingerprint density at radius 1 is 0.416 bits per heavy atom. The number of nitrogens with two attached hydrogens (primary N) is 2. The third-order valence-corrected chi connectivity index (χ3v) is 21.9. The second-order valence-corrected chi connectivity index (χ2v) is 36.9. The maximum absolute atomic E-state index is 14.0. The standard InChI is InChI=1S/C38H47N3O6.C38H45N3O6.C24H34N2O5/c2*1-23-21-25(19-20-29(23)27-16-12-17-28(22-27)33(39)42)13-11-18-30(31-36(45)47-38(6,7)46-31)34(43)41-32(37(3,4)5)35(44)40-24(2)26-14-9-8-10-15-26;1-8-12-17(18-22(29)31-24(6,7)30-18)20(27)26-19(23(3,4)5)21(28)25-15(2)16-13-10-9-11-14-16/h8-10,12,14-17,19-22,24,30-32H,11,13,18H2,1-7H3,(H2,39,42)(H,40,44)(H,41,43);8-17,19-22,24,30-32H,18H2,1-7H3,(H2,39,42)(H,40,44)(H,41,43);8-11,13-15,17-19H,1,12H2,2-7H3,(H,25,28)(H,26,27)/b;13-11+;/t2*24?,30-,31?,32-;15-,17-,18+,19-/m111/s1. The van der Waals surface area contributed by atoms with Crippen LogP contribution in [0.25, 0.3) is 28.3 Å². The van der Waals surface area contributed by atoms with Gasteiger partial charge in [0, 0.05) is 52.7 Å². The van der Waals surface area contributed by atoms with E-state index in [1.807, 2.05) is 249 Å². The summed E-state index contributed by atoms with van der Waals surface area (Å²) < 4.78 is 33.5. The number of primary amides is 2. The lowest BCUT2D eigenvalue weighted by molar-refractivity contribution is -0.163. The van der Waals surface area contributed by atoms with Crippen LogP contribution in [0.1, 0.15) is 228 Å². The van der Waals surface area contributed by atoms with Crippen molar-refractivity contribution in [3.8, 4) is 22.3 Å². The summed E-state index contributed by atoms with van der Waals surface area (Å²) in [5, 5.41) is 17.8. The first-order valence-corrected chi connectivity index (χ1v) is 42.4. The predicted octanol–water partition coefficient (Wildman–Crippen LogP) is 14.9. The molecule has 3 heterocycles. The van der Waals surface area contributed by atoms with Crippen molar-refractivity contribution in [2.24, 2.45) is 45.5 Å². The van der Waals surface area contributed by atoms with Crippen LogP contribution in [-0.4, -0.2) is 119 Å². The number of esters is 3. The fraction of sp³-hybridized carbons (Fsp3) is 0.430. The lowest BCUT2D eigenvalue weighted by Gasteiger charge is -2.33. The van der Waals surface area contributed by atoms with Gasteiger partial charge in [-0.2, -0.15) is 0 Å². The van der Waals surface area contributed by atoms with Crippen molar-refractivity contribution in [2.45, 2.75) is 243 Å². The van der Waals surface area contributed by atoms with Gasteiger partial charge in [0.1, 0.15) is 18.1 Å². The van der Waals surface area contributed by atoms with Gasteiger partial charge in [0.15, 0.2) is 18.3 Å². The molecule has 0 aliphatic carbocycles. The average Bonchev–Trinajstić information content (AvgIpc) is 1.71. The number of carbonyl (C=O) groups excluding carboxylic acids is 11. The van der Waals surface area contributed by atoms with Gasteiger partial charge in [-0.3, -0.25) is 38.4 Å². The zero-order valence-corrected chi connectivity index (χ0v) is 75.7. The first-order chi connectivity index (χ1) is 58.5. The van der Waals surface area contributed by atoms with E-state index < -0.39 is 135 Å². The number of hydrogen-bond acceptors (Lipinski definition) is 17. The van der Waals surface area contributed by atoms with Gasteiger partial charge in [0.25, 0.3) is 0 Å². The van der Waals surface area contributed by atoms with Gasteiger partial charge in [0.05, 0.1) is 35.9 Å². The van der Waals surface area contributed by atoms with Crippen molar-refractivity contribution in [3.63, 3.8) is 0 Å². The third kappa shape index (κ3) is 27.8. The number of hydrogen-bond donors (Lipinski definition) is 8. The quantitative estimate of drug-likeness (QED) is 0.0114. The van der Waals surface area contributed by atoms with E-state index in [4.69, 9.17) is 39.9 Å². The molecule has 0 bridgehead atoms.